The van der Waals surface area contributed by atoms with Crippen LogP contribution in [0.5, 0.6) is 0 Å². The zero-order chi connectivity index (χ0) is 15.5. The summed E-state index contributed by atoms with van der Waals surface area (Å²) in [7, 11) is 0. The highest BCUT2D eigenvalue weighted by molar-refractivity contribution is 6.33. The Kier molecular flexibility index (Phi) is 4.07. The molecular formula is C18H16ClN2O+. The maximum Gasteiger partial charge on any atom is 0.290 e. The van der Waals surface area contributed by atoms with Crippen molar-refractivity contribution in [2.45, 2.75) is 13.5 Å². The molecule has 0 saturated carbocycles. The summed E-state index contributed by atoms with van der Waals surface area (Å²) in [4.78, 5) is 12.2. The lowest BCUT2D eigenvalue weighted by Crippen LogP contribution is -2.39. The molecule has 4 heteroatoms. The molecule has 0 aliphatic rings. The number of carbonyl (C=O) groups excluding carboxylic acids is 1. The fourth-order valence-corrected chi connectivity index (χ4v) is 2.64. The van der Waals surface area contributed by atoms with Crippen molar-refractivity contribution < 1.29 is 9.36 Å². The molecule has 0 bridgehead atoms. The normalized spacial score (nSPS) is 10.6. The number of fused-ring (bicyclic) bond motifs is 1. The zero-order valence-electron chi connectivity index (χ0n) is 12.2. The highest BCUT2D eigenvalue weighted by atomic mass is 35.5. The van der Waals surface area contributed by atoms with Crippen molar-refractivity contribution in [3.8, 4) is 0 Å². The highest BCUT2D eigenvalue weighted by Gasteiger charge is 2.12. The van der Waals surface area contributed by atoms with E-state index >= 15 is 0 Å². The number of aromatic nitrogens is 1. The number of aryl methyl sites for hydroxylation is 1. The fraction of sp³-hybridized carbons (Fsp3) is 0.111. The Labute approximate surface area is 134 Å². The molecule has 22 heavy (non-hydrogen) atoms. The van der Waals surface area contributed by atoms with Crippen LogP contribution in [0, 0.1) is 6.92 Å². The van der Waals surface area contributed by atoms with Gasteiger partial charge in [-0.25, -0.2) is 0 Å². The first-order valence-electron chi connectivity index (χ1n) is 7.06. The monoisotopic (exact) mass is 311 g/mol. The number of halogens is 1. The topological polar surface area (TPSA) is 33.0 Å². The second-order valence-electron chi connectivity index (χ2n) is 5.28. The van der Waals surface area contributed by atoms with Gasteiger partial charge in [0.2, 0.25) is 6.54 Å². The Morgan fingerprint density at radius 3 is 2.68 bits per heavy atom. The third-order valence-corrected chi connectivity index (χ3v) is 3.78. The molecule has 1 heterocycles. The van der Waals surface area contributed by atoms with Crippen LogP contribution < -0.4 is 9.88 Å². The number of amides is 1. The first-order chi connectivity index (χ1) is 10.6. The summed E-state index contributed by atoms with van der Waals surface area (Å²) < 4.78 is 1.86. The Morgan fingerprint density at radius 2 is 1.91 bits per heavy atom. The van der Waals surface area contributed by atoms with E-state index in [1.54, 1.807) is 0 Å². The van der Waals surface area contributed by atoms with Crippen molar-refractivity contribution >= 4 is 34.0 Å². The van der Waals surface area contributed by atoms with E-state index in [0.29, 0.717) is 10.7 Å². The molecule has 2 aromatic carbocycles. The van der Waals surface area contributed by atoms with E-state index < -0.39 is 0 Å². The van der Waals surface area contributed by atoms with Gasteiger partial charge in [0.1, 0.15) is 0 Å². The van der Waals surface area contributed by atoms with E-state index in [-0.39, 0.29) is 12.5 Å². The fourth-order valence-electron chi connectivity index (χ4n) is 2.35. The standard InChI is InChI=1S/C18H15ClN2O/c1-13-6-7-17(16(19)10-13)20-18(22)12-21-9-8-14-4-2-3-5-15(14)11-21/h2-11H,12H2,1H3/p+1. The maximum absolute atomic E-state index is 12.2. The second kappa shape index (κ2) is 6.16. The molecule has 0 spiro atoms. The predicted molar refractivity (Wildman–Crippen MR) is 89.0 cm³/mol. The molecule has 0 fully saturated rings. The molecule has 0 aliphatic carbocycles. The van der Waals surface area contributed by atoms with Crippen molar-refractivity contribution in [2.75, 3.05) is 5.32 Å². The summed E-state index contributed by atoms with van der Waals surface area (Å²) in [6, 6.07) is 15.6. The lowest BCUT2D eigenvalue weighted by atomic mass is 10.2. The summed E-state index contributed by atoms with van der Waals surface area (Å²) in [6.45, 7) is 2.21. The Bertz CT molecular complexity index is 845. The zero-order valence-corrected chi connectivity index (χ0v) is 13.0. The van der Waals surface area contributed by atoms with E-state index in [1.807, 2.05) is 72.4 Å². The number of hydrogen-bond acceptors (Lipinski definition) is 1. The van der Waals surface area contributed by atoms with Gasteiger partial charge < -0.3 is 5.32 Å². The molecule has 3 rings (SSSR count). The van der Waals surface area contributed by atoms with E-state index in [1.165, 1.54) is 0 Å². The molecule has 0 atom stereocenters. The minimum absolute atomic E-state index is 0.106. The number of pyridine rings is 1. The molecule has 1 N–H and O–H groups in total. The van der Waals surface area contributed by atoms with Crippen LogP contribution in [0.3, 0.4) is 0 Å². The molecule has 0 radical (unpaired) electrons. The van der Waals surface area contributed by atoms with Gasteiger partial charge in [0, 0.05) is 11.5 Å². The van der Waals surface area contributed by atoms with Crippen LogP contribution in [-0.2, 0) is 11.3 Å². The number of hydrogen-bond donors (Lipinski definition) is 1. The molecule has 110 valence electrons. The van der Waals surface area contributed by atoms with Gasteiger partial charge in [-0.2, -0.15) is 4.57 Å². The number of nitrogens with one attached hydrogen (secondary N) is 1. The third kappa shape index (κ3) is 3.26. The number of anilines is 1. The summed E-state index contributed by atoms with van der Waals surface area (Å²) in [6.07, 6.45) is 3.87. The van der Waals surface area contributed by atoms with Gasteiger partial charge in [-0.1, -0.05) is 35.9 Å². The SMILES string of the molecule is Cc1ccc(NC(=O)C[n+]2ccc3ccccc3c2)c(Cl)c1. The molecule has 1 aromatic heterocycles. The summed E-state index contributed by atoms with van der Waals surface area (Å²) in [5.41, 5.74) is 1.70. The summed E-state index contributed by atoms with van der Waals surface area (Å²) >= 11 is 6.13. The van der Waals surface area contributed by atoms with Crippen molar-refractivity contribution in [3.63, 3.8) is 0 Å². The van der Waals surface area contributed by atoms with Crippen LogP contribution in [0.1, 0.15) is 5.56 Å². The van der Waals surface area contributed by atoms with Crippen molar-refractivity contribution in [1.29, 1.82) is 0 Å². The van der Waals surface area contributed by atoms with E-state index in [4.69, 9.17) is 11.6 Å². The lowest BCUT2D eigenvalue weighted by Gasteiger charge is -2.06. The first kappa shape index (κ1) is 14.5. The van der Waals surface area contributed by atoms with Crippen LogP contribution in [0.15, 0.2) is 60.9 Å². The number of rotatable bonds is 3. The molecule has 0 unspecified atom stereocenters. The minimum Gasteiger partial charge on any atom is -0.319 e. The third-order valence-electron chi connectivity index (χ3n) is 3.47. The largest absolute Gasteiger partial charge is 0.319 e. The van der Waals surface area contributed by atoms with Crippen LogP contribution >= 0.6 is 11.6 Å². The lowest BCUT2D eigenvalue weighted by molar-refractivity contribution is -0.682. The van der Waals surface area contributed by atoms with Crippen molar-refractivity contribution in [1.82, 2.24) is 0 Å². The predicted octanol–water partition coefficient (Wildman–Crippen LogP) is 3.73. The molecule has 3 nitrogen and oxygen atoms in total. The van der Waals surface area contributed by atoms with Gasteiger partial charge in [-0.15, -0.1) is 0 Å². The van der Waals surface area contributed by atoms with Gasteiger partial charge in [0.15, 0.2) is 12.4 Å². The van der Waals surface area contributed by atoms with Gasteiger partial charge in [-0.05, 0) is 36.1 Å². The Morgan fingerprint density at radius 1 is 1.14 bits per heavy atom. The molecule has 0 aliphatic heterocycles. The average molecular weight is 312 g/mol. The van der Waals surface area contributed by atoms with Gasteiger partial charge in [0.25, 0.3) is 5.91 Å². The Hall–Kier alpha value is -2.39. The maximum atomic E-state index is 12.2. The van der Waals surface area contributed by atoms with E-state index in [9.17, 15) is 4.79 Å². The van der Waals surface area contributed by atoms with Crippen LogP contribution in [0.4, 0.5) is 5.69 Å². The minimum atomic E-state index is -0.106. The van der Waals surface area contributed by atoms with Crippen LogP contribution in [0.25, 0.3) is 10.8 Å². The smallest absolute Gasteiger partial charge is 0.290 e. The molecular weight excluding hydrogens is 296 g/mol. The first-order valence-corrected chi connectivity index (χ1v) is 7.43. The number of nitrogens with zero attached hydrogens (tertiary/aromatic N) is 1. The van der Waals surface area contributed by atoms with Crippen molar-refractivity contribution in [2.24, 2.45) is 0 Å². The highest BCUT2D eigenvalue weighted by Crippen LogP contribution is 2.22. The number of carbonyl (C=O) groups is 1. The van der Waals surface area contributed by atoms with E-state index in [0.717, 1.165) is 16.3 Å². The number of benzene rings is 2. The van der Waals surface area contributed by atoms with Gasteiger partial charge >= 0.3 is 0 Å². The second-order valence-corrected chi connectivity index (χ2v) is 5.68. The van der Waals surface area contributed by atoms with Gasteiger partial charge in [0.05, 0.1) is 10.7 Å². The van der Waals surface area contributed by atoms with Crippen molar-refractivity contribution in [3.05, 3.63) is 71.5 Å². The molecule has 3 aromatic rings. The van der Waals surface area contributed by atoms with Gasteiger partial charge in [-0.3, -0.25) is 4.79 Å². The quantitative estimate of drug-likeness (QED) is 0.735. The van der Waals surface area contributed by atoms with Crippen LogP contribution in [0.2, 0.25) is 5.02 Å². The molecule has 1 amide bonds. The Balaban J connectivity index is 1.75. The van der Waals surface area contributed by atoms with E-state index in [2.05, 4.69) is 5.32 Å². The molecule has 0 saturated heterocycles. The average Bonchev–Trinajstić information content (AvgIpc) is 2.50. The van der Waals surface area contributed by atoms with Crippen LogP contribution in [-0.4, -0.2) is 5.91 Å². The summed E-state index contributed by atoms with van der Waals surface area (Å²) in [5.74, 6) is -0.106. The summed E-state index contributed by atoms with van der Waals surface area (Å²) in [5, 5.41) is 5.65.